The minimum Gasteiger partial charge on any atom is -0.288 e. The van der Waals surface area contributed by atoms with Gasteiger partial charge in [0.2, 0.25) is 0 Å². The highest BCUT2D eigenvalue weighted by Gasteiger charge is 2.13. The van der Waals surface area contributed by atoms with Gasteiger partial charge in [-0.15, -0.1) is 0 Å². The van der Waals surface area contributed by atoms with Gasteiger partial charge >= 0.3 is 0 Å². The molecule has 0 amide bonds. The van der Waals surface area contributed by atoms with E-state index in [1.54, 1.807) is 6.92 Å². The zero-order valence-corrected chi connectivity index (χ0v) is 15.9. The SMILES string of the molecule is CC(=O)SCc1cc(-c2ccc(Cl)cc2)n(-c2ccc(SN)cc2)n1. The lowest BCUT2D eigenvalue weighted by atomic mass is 10.1. The Balaban J connectivity index is 2.03. The predicted octanol–water partition coefficient (Wildman–Crippen LogP) is 4.94. The van der Waals surface area contributed by atoms with Gasteiger partial charge in [-0.3, -0.25) is 9.93 Å². The van der Waals surface area contributed by atoms with Crippen LogP contribution in [0, 0.1) is 0 Å². The maximum Gasteiger partial charge on any atom is 0.186 e. The molecule has 0 fully saturated rings. The van der Waals surface area contributed by atoms with Gasteiger partial charge in [-0.1, -0.05) is 35.5 Å². The van der Waals surface area contributed by atoms with Gasteiger partial charge in [-0.2, -0.15) is 5.10 Å². The molecule has 0 aliphatic carbocycles. The Morgan fingerprint density at radius 2 is 1.84 bits per heavy atom. The fourth-order valence-electron chi connectivity index (χ4n) is 2.37. The summed E-state index contributed by atoms with van der Waals surface area (Å²) in [5, 5.41) is 11.0. The Morgan fingerprint density at radius 3 is 2.44 bits per heavy atom. The molecule has 0 spiro atoms. The fraction of sp³-hybridized carbons (Fsp3) is 0.111. The van der Waals surface area contributed by atoms with Crippen molar-refractivity contribution in [1.29, 1.82) is 0 Å². The summed E-state index contributed by atoms with van der Waals surface area (Å²) in [5.41, 5.74) is 3.74. The molecule has 2 aromatic carbocycles. The van der Waals surface area contributed by atoms with E-state index in [2.05, 4.69) is 5.10 Å². The number of aromatic nitrogens is 2. The molecule has 4 nitrogen and oxygen atoms in total. The van der Waals surface area contributed by atoms with E-state index in [4.69, 9.17) is 16.7 Å². The first kappa shape index (κ1) is 18.1. The highest BCUT2D eigenvalue weighted by molar-refractivity contribution is 8.12. The third-order valence-corrected chi connectivity index (χ3v) is 5.18. The average Bonchev–Trinajstić information content (AvgIpc) is 3.05. The molecular weight excluding hydrogens is 374 g/mol. The summed E-state index contributed by atoms with van der Waals surface area (Å²) < 4.78 is 1.88. The normalized spacial score (nSPS) is 10.8. The van der Waals surface area contributed by atoms with Gasteiger partial charge < -0.3 is 0 Å². The van der Waals surface area contributed by atoms with Gasteiger partial charge in [0.25, 0.3) is 0 Å². The number of benzene rings is 2. The number of carbonyl (C=O) groups excluding carboxylic acids is 1. The highest BCUT2D eigenvalue weighted by atomic mass is 35.5. The molecule has 3 aromatic rings. The van der Waals surface area contributed by atoms with Crippen molar-refractivity contribution in [2.75, 3.05) is 0 Å². The summed E-state index contributed by atoms with van der Waals surface area (Å²) in [5.74, 6) is 0.541. The zero-order chi connectivity index (χ0) is 17.8. The molecule has 128 valence electrons. The van der Waals surface area contributed by atoms with Gasteiger partial charge in [-0.05, 0) is 54.4 Å². The minimum atomic E-state index is 0.0758. The Labute approximate surface area is 159 Å². The number of halogens is 1. The lowest BCUT2D eigenvalue weighted by molar-refractivity contribution is -0.109. The summed E-state index contributed by atoms with van der Waals surface area (Å²) in [4.78, 5) is 12.2. The summed E-state index contributed by atoms with van der Waals surface area (Å²) in [6.45, 7) is 1.56. The van der Waals surface area contributed by atoms with Gasteiger partial charge in [0.15, 0.2) is 5.12 Å². The van der Waals surface area contributed by atoms with Crippen LogP contribution in [0.2, 0.25) is 5.02 Å². The molecule has 3 rings (SSSR count). The first-order valence-electron chi connectivity index (χ1n) is 7.52. The van der Waals surface area contributed by atoms with Crippen molar-refractivity contribution in [3.63, 3.8) is 0 Å². The van der Waals surface area contributed by atoms with E-state index in [0.29, 0.717) is 10.8 Å². The van der Waals surface area contributed by atoms with E-state index in [9.17, 15) is 4.79 Å². The Kier molecular flexibility index (Phi) is 5.86. The van der Waals surface area contributed by atoms with Gasteiger partial charge in [0, 0.05) is 28.2 Å². The van der Waals surface area contributed by atoms with E-state index in [1.807, 2.05) is 59.3 Å². The minimum absolute atomic E-state index is 0.0758. The predicted molar refractivity (Wildman–Crippen MR) is 106 cm³/mol. The number of hydrogen-bond donors (Lipinski definition) is 1. The van der Waals surface area contributed by atoms with Crippen molar-refractivity contribution in [1.82, 2.24) is 9.78 Å². The fourth-order valence-corrected chi connectivity index (χ4v) is 3.28. The maximum atomic E-state index is 11.3. The third kappa shape index (κ3) is 4.46. The van der Waals surface area contributed by atoms with Crippen molar-refractivity contribution in [3.05, 3.63) is 65.3 Å². The molecule has 7 heteroatoms. The Hall–Kier alpha value is -1.73. The first-order chi connectivity index (χ1) is 12.1. The molecule has 1 aromatic heterocycles. The second-order valence-electron chi connectivity index (χ2n) is 5.33. The Morgan fingerprint density at radius 1 is 1.16 bits per heavy atom. The van der Waals surface area contributed by atoms with Crippen LogP contribution in [0.4, 0.5) is 0 Å². The number of rotatable bonds is 5. The molecule has 0 saturated heterocycles. The number of carbonyl (C=O) groups is 1. The summed E-state index contributed by atoms with van der Waals surface area (Å²) in [7, 11) is 0. The van der Waals surface area contributed by atoms with Crippen LogP contribution >= 0.6 is 35.3 Å². The van der Waals surface area contributed by atoms with Crippen LogP contribution < -0.4 is 5.14 Å². The van der Waals surface area contributed by atoms with Crippen molar-refractivity contribution in [2.45, 2.75) is 17.6 Å². The quantitative estimate of drug-likeness (QED) is 0.626. The monoisotopic (exact) mass is 389 g/mol. The molecular formula is C18H16ClN3OS2. The topological polar surface area (TPSA) is 60.9 Å². The van der Waals surface area contributed by atoms with Gasteiger partial charge in [0.1, 0.15) is 0 Å². The first-order valence-corrected chi connectivity index (χ1v) is 9.76. The van der Waals surface area contributed by atoms with E-state index >= 15 is 0 Å². The summed E-state index contributed by atoms with van der Waals surface area (Å²) in [6.07, 6.45) is 0. The van der Waals surface area contributed by atoms with E-state index in [0.717, 1.165) is 27.5 Å². The summed E-state index contributed by atoms with van der Waals surface area (Å²) >= 11 is 8.46. The van der Waals surface area contributed by atoms with Gasteiger partial charge in [0.05, 0.1) is 17.1 Å². The number of hydrogen-bond acceptors (Lipinski definition) is 5. The second-order valence-corrected chi connectivity index (χ2v) is 7.63. The van der Waals surface area contributed by atoms with Crippen molar-refractivity contribution >= 4 is 40.4 Å². The van der Waals surface area contributed by atoms with Crippen molar-refractivity contribution in [2.24, 2.45) is 5.14 Å². The van der Waals surface area contributed by atoms with Crippen LogP contribution in [0.25, 0.3) is 16.9 Å². The van der Waals surface area contributed by atoms with Crippen LogP contribution in [0.3, 0.4) is 0 Å². The Bertz CT molecular complexity index is 876. The van der Waals surface area contributed by atoms with E-state index in [-0.39, 0.29) is 5.12 Å². The standard InChI is InChI=1S/C18H16ClN3OS2/c1-12(23)24-11-15-10-18(13-2-4-14(19)5-3-13)22(21-15)16-6-8-17(25-20)9-7-16/h2-10H,11,20H2,1H3. The van der Waals surface area contributed by atoms with Crippen LogP contribution in [0.15, 0.2) is 59.5 Å². The van der Waals surface area contributed by atoms with E-state index in [1.165, 1.54) is 23.7 Å². The maximum absolute atomic E-state index is 11.3. The molecule has 0 unspecified atom stereocenters. The van der Waals surface area contributed by atoms with E-state index < -0.39 is 0 Å². The number of nitrogens with zero attached hydrogens (tertiary/aromatic N) is 2. The smallest absolute Gasteiger partial charge is 0.186 e. The number of nitrogens with two attached hydrogens (primary N) is 1. The van der Waals surface area contributed by atoms with Crippen LogP contribution in [0.1, 0.15) is 12.6 Å². The van der Waals surface area contributed by atoms with Crippen molar-refractivity contribution in [3.8, 4) is 16.9 Å². The van der Waals surface area contributed by atoms with Gasteiger partial charge in [-0.25, -0.2) is 4.68 Å². The lowest BCUT2D eigenvalue weighted by Gasteiger charge is -2.08. The molecule has 0 atom stereocenters. The molecule has 2 N–H and O–H groups in total. The molecule has 1 heterocycles. The summed E-state index contributed by atoms with van der Waals surface area (Å²) in [6, 6.07) is 17.5. The van der Waals surface area contributed by atoms with Crippen LogP contribution in [-0.2, 0) is 10.5 Å². The zero-order valence-electron chi connectivity index (χ0n) is 13.5. The molecule has 0 bridgehead atoms. The molecule has 0 aliphatic heterocycles. The second kappa shape index (κ2) is 8.10. The van der Waals surface area contributed by atoms with Crippen LogP contribution in [-0.4, -0.2) is 14.9 Å². The molecule has 0 aliphatic rings. The molecule has 0 radical (unpaired) electrons. The molecule has 25 heavy (non-hydrogen) atoms. The largest absolute Gasteiger partial charge is 0.288 e. The molecule has 0 saturated carbocycles. The lowest BCUT2D eigenvalue weighted by Crippen LogP contribution is -2.00. The highest BCUT2D eigenvalue weighted by Crippen LogP contribution is 2.27. The van der Waals surface area contributed by atoms with Crippen molar-refractivity contribution < 1.29 is 4.79 Å². The average molecular weight is 390 g/mol. The van der Waals surface area contributed by atoms with Crippen LogP contribution in [0.5, 0.6) is 0 Å². The third-order valence-electron chi connectivity index (χ3n) is 3.54. The number of thioether (sulfide) groups is 1.